The molecule has 8 heteroatoms. The number of hydrogen-bond acceptors (Lipinski definition) is 3. The van der Waals surface area contributed by atoms with Crippen molar-refractivity contribution in [3.05, 3.63) is 35.4 Å². The first-order chi connectivity index (χ1) is 12.8. The average Bonchev–Trinajstić information content (AvgIpc) is 2.84. The molecule has 2 N–H and O–H groups in total. The fraction of sp³-hybridized carbons (Fsp3) is 0.526. The summed E-state index contributed by atoms with van der Waals surface area (Å²) >= 11 is 0. The molecule has 146 valence electrons. The number of benzene rings is 1. The van der Waals surface area contributed by atoms with Crippen LogP contribution in [0.1, 0.15) is 44.6 Å². The number of carbonyl (C=O) groups excluding carboxylic acids is 3. The van der Waals surface area contributed by atoms with Gasteiger partial charge < -0.3 is 10.6 Å². The van der Waals surface area contributed by atoms with Crippen molar-refractivity contribution in [2.24, 2.45) is 5.92 Å². The number of hydrogen-bond donors (Lipinski definition) is 2. The summed E-state index contributed by atoms with van der Waals surface area (Å²) in [7, 11) is 0. The Hall–Kier alpha value is -2.51. The Kier molecular flexibility index (Phi) is 5.43. The van der Waals surface area contributed by atoms with Crippen molar-refractivity contribution >= 4 is 17.8 Å². The van der Waals surface area contributed by atoms with Gasteiger partial charge in [-0.2, -0.15) is 0 Å². The van der Waals surface area contributed by atoms with Gasteiger partial charge in [0.05, 0.1) is 0 Å². The van der Waals surface area contributed by atoms with Gasteiger partial charge in [0.1, 0.15) is 23.7 Å². The molecule has 0 aromatic heterocycles. The maximum Gasteiger partial charge on any atom is 0.325 e. The Morgan fingerprint density at radius 2 is 1.85 bits per heavy atom. The zero-order valence-electron chi connectivity index (χ0n) is 15.2. The molecule has 6 nitrogen and oxygen atoms in total. The van der Waals surface area contributed by atoms with Gasteiger partial charge in [0.2, 0.25) is 5.91 Å². The SMILES string of the molecule is CCC1CCC2(CC1)NC(=O)N(CC(=O)NCc1cc(F)cc(F)c1)C2=O. The monoisotopic (exact) mass is 379 g/mol. The number of carbonyl (C=O) groups is 3. The average molecular weight is 379 g/mol. The fourth-order valence-electron chi connectivity index (χ4n) is 3.85. The lowest BCUT2D eigenvalue weighted by molar-refractivity contribution is -0.136. The molecule has 3 rings (SSSR count). The van der Waals surface area contributed by atoms with Crippen molar-refractivity contribution in [3.63, 3.8) is 0 Å². The zero-order valence-corrected chi connectivity index (χ0v) is 15.2. The molecule has 0 atom stereocenters. The first kappa shape index (κ1) is 19.3. The van der Waals surface area contributed by atoms with Gasteiger partial charge >= 0.3 is 6.03 Å². The second-order valence-electron chi connectivity index (χ2n) is 7.31. The summed E-state index contributed by atoms with van der Waals surface area (Å²) in [4.78, 5) is 38.0. The first-order valence-electron chi connectivity index (χ1n) is 9.19. The van der Waals surface area contributed by atoms with Crippen molar-refractivity contribution in [1.29, 1.82) is 0 Å². The molecule has 1 aromatic carbocycles. The van der Waals surface area contributed by atoms with E-state index in [9.17, 15) is 23.2 Å². The van der Waals surface area contributed by atoms with E-state index in [-0.39, 0.29) is 18.0 Å². The van der Waals surface area contributed by atoms with E-state index in [0.717, 1.165) is 42.4 Å². The molecule has 0 unspecified atom stereocenters. The van der Waals surface area contributed by atoms with Gasteiger partial charge in [-0.25, -0.2) is 13.6 Å². The van der Waals surface area contributed by atoms with Gasteiger partial charge in [0, 0.05) is 12.6 Å². The third-order valence-electron chi connectivity index (χ3n) is 5.50. The smallest absolute Gasteiger partial charge is 0.325 e. The molecule has 1 heterocycles. The maximum absolute atomic E-state index is 13.2. The zero-order chi connectivity index (χ0) is 19.6. The van der Waals surface area contributed by atoms with Crippen LogP contribution >= 0.6 is 0 Å². The van der Waals surface area contributed by atoms with Gasteiger partial charge in [-0.15, -0.1) is 0 Å². The summed E-state index contributed by atoms with van der Waals surface area (Å²) < 4.78 is 26.4. The lowest BCUT2D eigenvalue weighted by Gasteiger charge is -2.34. The molecule has 1 aliphatic heterocycles. The van der Waals surface area contributed by atoms with Crippen molar-refractivity contribution in [2.75, 3.05) is 6.54 Å². The molecule has 1 saturated carbocycles. The third-order valence-corrected chi connectivity index (χ3v) is 5.50. The Morgan fingerprint density at radius 1 is 1.22 bits per heavy atom. The van der Waals surface area contributed by atoms with E-state index in [1.165, 1.54) is 0 Å². The number of halogens is 2. The van der Waals surface area contributed by atoms with Crippen molar-refractivity contribution in [2.45, 2.75) is 51.1 Å². The van der Waals surface area contributed by atoms with Crippen molar-refractivity contribution in [3.8, 4) is 0 Å². The minimum absolute atomic E-state index is 0.0967. The summed E-state index contributed by atoms with van der Waals surface area (Å²) in [5.41, 5.74) is -0.637. The molecular formula is C19H23F2N3O3. The minimum atomic E-state index is -0.894. The molecule has 1 saturated heterocycles. The van der Waals surface area contributed by atoms with Crippen molar-refractivity contribution in [1.82, 2.24) is 15.5 Å². The molecule has 1 aromatic rings. The van der Waals surface area contributed by atoms with Crippen LogP contribution in [-0.2, 0) is 16.1 Å². The summed E-state index contributed by atoms with van der Waals surface area (Å²) in [6, 6.07) is 2.39. The molecule has 1 spiro atoms. The largest absolute Gasteiger partial charge is 0.350 e. The van der Waals surface area contributed by atoms with E-state index in [4.69, 9.17) is 0 Å². The summed E-state index contributed by atoms with van der Waals surface area (Å²) in [5.74, 6) is -1.85. The van der Waals surface area contributed by atoms with Crippen LogP contribution in [0.15, 0.2) is 18.2 Å². The van der Waals surface area contributed by atoms with Gasteiger partial charge in [-0.1, -0.05) is 13.3 Å². The highest BCUT2D eigenvalue weighted by Crippen LogP contribution is 2.37. The normalized spacial score (nSPS) is 25.0. The highest BCUT2D eigenvalue weighted by atomic mass is 19.1. The maximum atomic E-state index is 13.2. The molecule has 2 aliphatic rings. The predicted molar refractivity (Wildman–Crippen MR) is 93.4 cm³/mol. The minimum Gasteiger partial charge on any atom is -0.350 e. The molecule has 4 amide bonds. The van der Waals surface area contributed by atoms with Crippen LogP contribution in [0.2, 0.25) is 0 Å². The Labute approximate surface area is 156 Å². The Balaban J connectivity index is 1.57. The summed E-state index contributed by atoms with van der Waals surface area (Å²) in [6.45, 7) is 1.60. The van der Waals surface area contributed by atoms with Crippen LogP contribution in [0.3, 0.4) is 0 Å². The van der Waals surface area contributed by atoms with Crippen LogP contribution in [-0.4, -0.2) is 34.8 Å². The first-order valence-corrected chi connectivity index (χ1v) is 9.19. The number of amides is 4. The summed E-state index contributed by atoms with van der Waals surface area (Å²) in [5, 5.41) is 5.25. The molecule has 27 heavy (non-hydrogen) atoms. The van der Waals surface area contributed by atoms with E-state index in [1.807, 2.05) is 0 Å². The number of urea groups is 1. The lowest BCUT2D eigenvalue weighted by Crippen LogP contribution is -2.50. The topological polar surface area (TPSA) is 78.5 Å². The van der Waals surface area contributed by atoms with Crippen LogP contribution in [0.4, 0.5) is 13.6 Å². The second kappa shape index (κ2) is 7.62. The highest BCUT2D eigenvalue weighted by molar-refractivity contribution is 6.09. The Morgan fingerprint density at radius 3 is 2.44 bits per heavy atom. The van der Waals surface area contributed by atoms with Crippen LogP contribution in [0.5, 0.6) is 0 Å². The van der Waals surface area contributed by atoms with E-state index in [2.05, 4.69) is 17.6 Å². The number of imide groups is 1. The second-order valence-corrected chi connectivity index (χ2v) is 7.31. The van der Waals surface area contributed by atoms with Gasteiger partial charge in [-0.3, -0.25) is 14.5 Å². The van der Waals surface area contributed by atoms with E-state index in [1.54, 1.807) is 0 Å². The number of nitrogens with zero attached hydrogens (tertiary/aromatic N) is 1. The van der Waals surface area contributed by atoms with Crippen LogP contribution in [0.25, 0.3) is 0 Å². The third kappa shape index (κ3) is 4.09. The predicted octanol–water partition coefficient (Wildman–Crippen LogP) is 2.47. The van der Waals surface area contributed by atoms with Gasteiger partial charge in [0.25, 0.3) is 5.91 Å². The number of nitrogens with one attached hydrogen (secondary N) is 2. The van der Waals surface area contributed by atoms with E-state index >= 15 is 0 Å². The van der Waals surface area contributed by atoms with Gasteiger partial charge in [0.15, 0.2) is 0 Å². The molecule has 0 bridgehead atoms. The number of rotatable bonds is 5. The fourth-order valence-corrected chi connectivity index (χ4v) is 3.85. The summed E-state index contributed by atoms with van der Waals surface area (Å²) in [6.07, 6.45) is 3.94. The molecular weight excluding hydrogens is 356 g/mol. The van der Waals surface area contributed by atoms with E-state index in [0.29, 0.717) is 18.8 Å². The van der Waals surface area contributed by atoms with E-state index < -0.39 is 35.7 Å². The van der Waals surface area contributed by atoms with Crippen LogP contribution < -0.4 is 10.6 Å². The van der Waals surface area contributed by atoms with Crippen LogP contribution in [0, 0.1) is 17.6 Å². The molecule has 0 radical (unpaired) electrons. The quantitative estimate of drug-likeness (QED) is 0.772. The van der Waals surface area contributed by atoms with Crippen molar-refractivity contribution < 1.29 is 23.2 Å². The molecule has 2 fully saturated rings. The van der Waals surface area contributed by atoms with Gasteiger partial charge in [-0.05, 0) is 49.3 Å². The Bertz CT molecular complexity index is 740. The lowest BCUT2D eigenvalue weighted by atomic mass is 9.75. The molecule has 1 aliphatic carbocycles. The standard InChI is InChI=1S/C19H23F2N3O3/c1-2-12-3-5-19(6-4-12)17(26)24(18(27)23-19)11-16(25)22-10-13-7-14(20)9-15(21)8-13/h7-9,12H,2-6,10-11H2,1H3,(H,22,25)(H,23,27). The highest BCUT2D eigenvalue weighted by Gasteiger charge is 2.52.